The molecule has 0 aliphatic carbocycles. The first-order valence-corrected chi connectivity index (χ1v) is 9.93. The number of methoxy groups -OCH3 is 1. The third-order valence-corrected chi connectivity index (χ3v) is 5.18. The van der Waals surface area contributed by atoms with Crippen LogP contribution in [-0.4, -0.2) is 23.1 Å². The topological polar surface area (TPSA) is 51.4 Å². The predicted octanol–water partition coefficient (Wildman–Crippen LogP) is 6.30. The van der Waals surface area contributed by atoms with E-state index in [1.54, 1.807) is 25.5 Å². The van der Waals surface area contributed by atoms with Gasteiger partial charge >= 0.3 is 0 Å². The normalized spacial score (nSPS) is 11.0. The van der Waals surface area contributed by atoms with Crippen LogP contribution >= 0.6 is 23.2 Å². The van der Waals surface area contributed by atoms with Crippen molar-refractivity contribution in [3.05, 3.63) is 94.6 Å². The third-order valence-electron chi connectivity index (χ3n) is 4.44. The molecule has 0 fully saturated rings. The maximum absolute atomic E-state index is 6.06. The predicted molar refractivity (Wildman–Crippen MR) is 123 cm³/mol. The quantitative estimate of drug-likeness (QED) is 0.285. The van der Waals surface area contributed by atoms with Crippen molar-refractivity contribution >= 4 is 35.1 Å². The fraction of sp³-hybridized carbons (Fsp3) is 0.0435. The average Bonchev–Trinajstić information content (AvgIpc) is 3.21. The van der Waals surface area contributed by atoms with Crippen molar-refractivity contribution in [3.8, 4) is 22.7 Å². The molecule has 0 radical (unpaired) electrons. The third kappa shape index (κ3) is 4.48. The summed E-state index contributed by atoms with van der Waals surface area (Å²) in [4.78, 5) is 0. The summed E-state index contributed by atoms with van der Waals surface area (Å²) in [6.45, 7) is 0. The zero-order chi connectivity index (χ0) is 20.9. The van der Waals surface area contributed by atoms with Gasteiger partial charge in [-0.15, -0.1) is 0 Å². The summed E-state index contributed by atoms with van der Waals surface area (Å²) in [6, 6.07) is 22.9. The first-order chi connectivity index (χ1) is 14.6. The lowest BCUT2D eigenvalue weighted by molar-refractivity contribution is 0.415. The summed E-state index contributed by atoms with van der Waals surface area (Å²) in [6.07, 6.45) is 3.67. The summed E-state index contributed by atoms with van der Waals surface area (Å²) in [5.74, 6) is 0.790. The Kier molecular flexibility index (Phi) is 6.02. The molecule has 5 nitrogen and oxygen atoms in total. The molecule has 30 heavy (non-hydrogen) atoms. The first-order valence-electron chi connectivity index (χ1n) is 9.17. The van der Waals surface area contributed by atoms with Gasteiger partial charge in [0.05, 0.1) is 34.7 Å². The molecule has 1 aromatic heterocycles. The van der Waals surface area contributed by atoms with E-state index in [2.05, 4.69) is 10.5 Å². The Bertz CT molecular complexity index is 1170. The summed E-state index contributed by atoms with van der Waals surface area (Å²) in [7, 11) is 1.64. The minimum Gasteiger partial charge on any atom is -0.497 e. The van der Waals surface area contributed by atoms with Gasteiger partial charge in [-0.05, 0) is 54.6 Å². The number of nitrogens with zero attached hydrogens (tertiary/aromatic N) is 3. The highest BCUT2D eigenvalue weighted by molar-refractivity contribution is 6.42. The van der Waals surface area contributed by atoms with Crippen LogP contribution in [0.2, 0.25) is 10.0 Å². The summed E-state index contributed by atoms with van der Waals surface area (Å²) in [5, 5.41) is 10.1. The van der Waals surface area contributed by atoms with E-state index in [-0.39, 0.29) is 0 Å². The standard InChI is InChI=1S/C23H18Cl2N4O/c1-30-20-10-7-16(8-11-20)23-17(15-29(28-23)19-5-3-2-4-6-19)14-26-27-18-9-12-21(24)22(25)13-18/h2-15,27H,1H3/b26-14-. The largest absolute Gasteiger partial charge is 0.497 e. The zero-order valence-electron chi connectivity index (χ0n) is 16.1. The lowest BCUT2D eigenvalue weighted by atomic mass is 10.1. The minimum absolute atomic E-state index is 0.465. The molecule has 4 aromatic rings. The second-order valence-electron chi connectivity index (χ2n) is 6.44. The molecule has 1 N–H and O–H groups in total. The number of halogens is 2. The van der Waals surface area contributed by atoms with Gasteiger partial charge in [-0.25, -0.2) is 4.68 Å². The van der Waals surface area contributed by atoms with E-state index < -0.39 is 0 Å². The second kappa shape index (κ2) is 9.03. The van der Waals surface area contributed by atoms with E-state index in [9.17, 15) is 0 Å². The molecule has 0 amide bonds. The number of ether oxygens (including phenoxy) is 1. The highest BCUT2D eigenvalue weighted by Gasteiger charge is 2.11. The number of rotatable bonds is 6. The number of aromatic nitrogens is 2. The van der Waals surface area contributed by atoms with E-state index >= 15 is 0 Å². The molecule has 0 bridgehead atoms. The number of nitrogens with one attached hydrogen (secondary N) is 1. The second-order valence-corrected chi connectivity index (χ2v) is 7.25. The Labute approximate surface area is 184 Å². The SMILES string of the molecule is COc1ccc(-c2nn(-c3ccccc3)cc2/C=N\Nc2ccc(Cl)c(Cl)c2)cc1. The molecule has 0 unspecified atom stereocenters. The van der Waals surface area contributed by atoms with Gasteiger partial charge in [0, 0.05) is 17.3 Å². The van der Waals surface area contributed by atoms with Crippen molar-refractivity contribution in [2.75, 3.05) is 12.5 Å². The Balaban J connectivity index is 1.67. The van der Waals surface area contributed by atoms with Crippen molar-refractivity contribution in [1.82, 2.24) is 9.78 Å². The van der Waals surface area contributed by atoms with Crippen LogP contribution in [0.15, 0.2) is 84.1 Å². The fourth-order valence-electron chi connectivity index (χ4n) is 2.91. The molecule has 0 saturated heterocycles. The van der Waals surface area contributed by atoms with E-state index in [1.165, 1.54) is 0 Å². The smallest absolute Gasteiger partial charge is 0.118 e. The van der Waals surface area contributed by atoms with Crippen molar-refractivity contribution in [1.29, 1.82) is 0 Å². The Morgan fingerprint density at radius 2 is 1.73 bits per heavy atom. The van der Waals surface area contributed by atoms with E-state index in [4.69, 9.17) is 33.0 Å². The number of para-hydroxylation sites is 1. The molecule has 0 aliphatic rings. The molecule has 0 aliphatic heterocycles. The van der Waals surface area contributed by atoms with E-state index in [0.29, 0.717) is 10.0 Å². The van der Waals surface area contributed by atoms with E-state index in [0.717, 1.165) is 33.9 Å². The fourth-order valence-corrected chi connectivity index (χ4v) is 3.21. The Hall–Kier alpha value is -3.28. The van der Waals surface area contributed by atoms with Crippen LogP contribution < -0.4 is 10.2 Å². The van der Waals surface area contributed by atoms with Crippen LogP contribution in [0.3, 0.4) is 0 Å². The number of hydrogen-bond acceptors (Lipinski definition) is 4. The van der Waals surface area contributed by atoms with Gasteiger partial charge in [-0.2, -0.15) is 10.2 Å². The van der Waals surface area contributed by atoms with Crippen LogP contribution in [0.4, 0.5) is 5.69 Å². The van der Waals surface area contributed by atoms with Crippen molar-refractivity contribution in [3.63, 3.8) is 0 Å². The molecular weight excluding hydrogens is 419 g/mol. The van der Waals surface area contributed by atoms with Gasteiger partial charge in [0.25, 0.3) is 0 Å². The number of anilines is 1. The van der Waals surface area contributed by atoms with Crippen LogP contribution in [0.25, 0.3) is 16.9 Å². The minimum atomic E-state index is 0.465. The molecule has 4 rings (SSSR count). The molecule has 0 spiro atoms. The van der Waals surface area contributed by atoms with Crippen molar-refractivity contribution < 1.29 is 4.74 Å². The maximum atomic E-state index is 6.06. The molecule has 150 valence electrons. The first kappa shape index (κ1) is 20.0. The molecule has 3 aromatic carbocycles. The highest BCUT2D eigenvalue weighted by atomic mass is 35.5. The number of hydrazone groups is 1. The Morgan fingerprint density at radius 1 is 0.967 bits per heavy atom. The zero-order valence-corrected chi connectivity index (χ0v) is 17.6. The van der Waals surface area contributed by atoms with Crippen LogP contribution in [0, 0.1) is 0 Å². The molecular formula is C23H18Cl2N4O. The molecule has 1 heterocycles. The van der Waals surface area contributed by atoms with Gasteiger partial charge in [0.2, 0.25) is 0 Å². The van der Waals surface area contributed by atoms with Crippen LogP contribution in [-0.2, 0) is 0 Å². The summed E-state index contributed by atoms with van der Waals surface area (Å²) >= 11 is 12.0. The van der Waals surface area contributed by atoms with Crippen LogP contribution in [0.5, 0.6) is 5.75 Å². The average molecular weight is 437 g/mol. The van der Waals surface area contributed by atoms with Gasteiger partial charge in [-0.3, -0.25) is 5.43 Å². The highest BCUT2D eigenvalue weighted by Crippen LogP contribution is 2.26. The lowest BCUT2D eigenvalue weighted by Crippen LogP contribution is -1.94. The van der Waals surface area contributed by atoms with E-state index in [1.807, 2.05) is 71.5 Å². The van der Waals surface area contributed by atoms with Crippen molar-refractivity contribution in [2.24, 2.45) is 5.10 Å². The molecule has 0 saturated carbocycles. The van der Waals surface area contributed by atoms with Crippen molar-refractivity contribution in [2.45, 2.75) is 0 Å². The van der Waals surface area contributed by atoms with Crippen LogP contribution in [0.1, 0.15) is 5.56 Å². The summed E-state index contributed by atoms with van der Waals surface area (Å²) in [5.41, 5.74) is 7.30. The lowest BCUT2D eigenvalue weighted by Gasteiger charge is -2.03. The van der Waals surface area contributed by atoms with Gasteiger partial charge in [-0.1, -0.05) is 41.4 Å². The number of hydrogen-bond donors (Lipinski definition) is 1. The van der Waals surface area contributed by atoms with Gasteiger partial charge < -0.3 is 4.74 Å². The molecule has 7 heteroatoms. The van der Waals surface area contributed by atoms with Gasteiger partial charge in [0.15, 0.2) is 0 Å². The summed E-state index contributed by atoms with van der Waals surface area (Å²) < 4.78 is 7.09. The monoisotopic (exact) mass is 436 g/mol. The maximum Gasteiger partial charge on any atom is 0.118 e. The molecule has 0 atom stereocenters. The Morgan fingerprint density at radius 3 is 2.43 bits per heavy atom. The number of benzene rings is 3. The van der Waals surface area contributed by atoms with Gasteiger partial charge in [0.1, 0.15) is 11.4 Å².